The molecule has 1 aliphatic rings. The highest BCUT2D eigenvalue weighted by molar-refractivity contribution is 5.37. The summed E-state index contributed by atoms with van der Waals surface area (Å²) in [5.74, 6) is 0.439. The van der Waals surface area contributed by atoms with Gasteiger partial charge >= 0.3 is 0 Å². The molecular weight excluding hydrogens is 174 g/mol. The van der Waals surface area contributed by atoms with Crippen molar-refractivity contribution in [3.8, 4) is 0 Å². The van der Waals surface area contributed by atoms with Crippen LogP contribution in [0, 0.1) is 5.92 Å². The Morgan fingerprint density at radius 2 is 2.36 bits per heavy atom. The molecule has 0 radical (unpaired) electrons. The maximum atomic E-state index is 8.95. The molecule has 0 saturated carbocycles. The van der Waals surface area contributed by atoms with Gasteiger partial charge in [0.05, 0.1) is 0 Å². The quantitative estimate of drug-likeness (QED) is 0.740. The van der Waals surface area contributed by atoms with Gasteiger partial charge in [-0.3, -0.25) is 0 Å². The summed E-state index contributed by atoms with van der Waals surface area (Å²) in [6, 6.07) is 0. The molecule has 1 heterocycles. The van der Waals surface area contributed by atoms with Gasteiger partial charge < -0.3 is 10.0 Å². The minimum Gasteiger partial charge on any atom is -0.396 e. The summed E-state index contributed by atoms with van der Waals surface area (Å²) in [5.41, 5.74) is 2.35. The van der Waals surface area contributed by atoms with Crippen molar-refractivity contribution in [2.75, 3.05) is 20.2 Å². The number of likely N-dealkylation sites (N-methyl/N-ethyl adjacent to an activating group) is 1. The molecule has 0 bridgehead atoms. The molecule has 14 heavy (non-hydrogen) atoms. The molecule has 1 N–H and O–H groups in total. The highest BCUT2D eigenvalue weighted by atomic mass is 16.3. The topological polar surface area (TPSA) is 23.5 Å². The van der Waals surface area contributed by atoms with Crippen molar-refractivity contribution in [3.05, 3.63) is 36.1 Å². The van der Waals surface area contributed by atoms with E-state index >= 15 is 0 Å². The summed E-state index contributed by atoms with van der Waals surface area (Å²) in [6.45, 7) is 7.27. The minimum atomic E-state index is 0.249. The van der Waals surface area contributed by atoms with Crippen LogP contribution in [0.1, 0.15) is 13.3 Å². The molecule has 0 aliphatic carbocycles. The van der Waals surface area contributed by atoms with Crippen LogP contribution in [-0.2, 0) is 0 Å². The second kappa shape index (κ2) is 5.01. The second-order valence-corrected chi connectivity index (χ2v) is 3.68. The fourth-order valence-corrected chi connectivity index (χ4v) is 1.83. The van der Waals surface area contributed by atoms with Crippen molar-refractivity contribution in [3.63, 3.8) is 0 Å². The largest absolute Gasteiger partial charge is 0.396 e. The molecule has 1 fully saturated rings. The van der Waals surface area contributed by atoms with E-state index in [-0.39, 0.29) is 6.61 Å². The molecule has 0 aromatic carbocycles. The Morgan fingerprint density at radius 3 is 2.93 bits per heavy atom. The second-order valence-electron chi connectivity index (χ2n) is 3.68. The molecular formula is C12H19NO. The van der Waals surface area contributed by atoms with Crippen molar-refractivity contribution < 1.29 is 5.11 Å². The number of aliphatic hydroxyl groups is 1. The van der Waals surface area contributed by atoms with Crippen LogP contribution in [0.3, 0.4) is 0 Å². The number of allylic oxidation sites excluding steroid dienone is 4. The number of hydrogen-bond acceptors (Lipinski definition) is 2. The lowest BCUT2D eigenvalue weighted by atomic mass is 9.97. The number of rotatable bonds is 3. The van der Waals surface area contributed by atoms with Gasteiger partial charge in [0.25, 0.3) is 0 Å². The Hall–Kier alpha value is -1.02. The van der Waals surface area contributed by atoms with E-state index < -0.39 is 0 Å². The molecule has 2 heteroatoms. The van der Waals surface area contributed by atoms with E-state index in [9.17, 15) is 0 Å². The summed E-state index contributed by atoms with van der Waals surface area (Å²) in [7, 11) is 2.04. The Labute approximate surface area is 86.2 Å². The van der Waals surface area contributed by atoms with E-state index in [0.29, 0.717) is 5.92 Å². The first-order valence-corrected chi connectivity index (χ1v) is 5.04. The Morgan fingerprint density at radius 1 is 1.64 bits per heavy atom. The first kappa shape index (κ1) is 11.1. The molecule has 1 unspecified atom stereocenters. The van der Waals surface area contributed by atoms with Crippen LogP contribution >= 0.6 is 0 Å². The molecule has 1 rings (SSSR count). The first-order valence-electron chi connectivity index (χ1n) is 5.04. The predicted molar refractivity (Wildman–Crippen MR) is 59.9 cm³/mol. The van der Waals surface area contributed by atoms with Crippen molar-refractivity contribution in [2.45, 2.75) is 13.3 Å². The van der Waals surface area contributed by atoms with Crippen molar-refractivity contribution in [1.82, 2.24) is 4.90 Å². The van der Waals surface area contributed by atoms with Crippen LogP contribution in [-0.4, -0.2) is 30.2 Å². The van der Waals surface area contributed by atoms with E-state index in [1.807, 2.05) is 26.1 Å². The zero-order chi connectivity index (χ0) is 10.6. The van der Waals surface area contributed by atoms with Crippen LogP contribution in [0.5, 0.6) is 0 Å². The van der Waals surface area contributed by atoms with Gasteiger partial charge in [-0.2, -0.15) is 0 Å². The van der Waals surface area contributed by atoms with Gasteiger partial charge in [0, 0.05) is 31.8 Å². The summed E-state index contributed by atoms with van der Waals surface area (Å²) < 4.78 is 0. The first-order chi connectivity index (χ1) is 6.70. The van der Waals surface area contributed by atoms with Crippen LogP contribution in [0.15, 0.2) is 36.1 Å². The van der Waals surface area contributed by atoms with E-state index in [2.05, 4.69) is 17.6 Å². The third kappa shape index (κ3) is 2.26. The van der Waals surface area contributed by atoms with Gasteiger partial charge in [-0.1, -0.05) is 24.8 Å². The smallest absolute Gasteiger partial charge is 0.0437 e. The van der Waals surface area contributed by atoms with E-state index in [4.69, 9.17) is 5.11 Å². The van der Waals surface area contributed by atoms with E-state index in [1.165, 1.54) is 5.57 Å². The third-order valence-electron chi connectivity index (χ3n) is 2.67. The fourth-order valence-electron chi connectivity index (χ4n) is 1.83. The SMILES string of the molecule is C=C1/C(=C\C=C/C)C(CCO)CN1C. The lowest BCUT2D eigenvalue weighted by molar-refractivity contribution is 0.263. The number of hydrogen-bond donors (Lipinski definition) is 1. The Kier molecular flexibility index (Phi) is 3.96. The molecule has 0 spiro atoms. The molecule has 0 aromatic heterocycles. The lowest BCUT2D eigenvalue weighted by Crippen LogP contribution is -2.13. The van der Waals surface area contributed by atoms with Gasteiger partial charge in [-0.05, 0) is 18.9 Å². The fraction of sp³-hybridized carbons (Fsp3) is 0.500. The Balaban J connectivity index is 2.81. The van der Waals surface area contributed by atoms with Crippen LogP contribution in [0.4, 0.5) is 0 Å². The monoisotopic (exact) mass is 193 g/mol. The zero-order valence-electron chi connectivity index (χ0n) is 9.03. The van der Waals surface area contributed by atoms with Crippen molar-refractivity contribution >= 4 is 0 Å². The highest BCUT2D eigenvalue weighted by Crippen LogP contribution is 2.32. The average molecular weight is 193 g/mol. The summed E-state index contributed by atoms with van der Waals surface area (Å²) >= 11 is 0. The van der Waals surface area contributed by atoms with Gasteiger partial charge in [-0.25, -0.2) is 0 Å². The third-order valence-corrected chi connectivity index (χ3v) is 2.67. The van der Waals surface area contributed by atoms with Crippen molar-refractivity contribution in [2.24, 2.45) is 5.92 Å². The molecule has 0 amide bonds. The molecule has 1 aliphatic heterocycles. The average Bonchev–Trinajstić information content (AvgIpc) is 2.42. The minimum absolute atomic E-state index is 0.249. The van der Waals surface area contributed by atoms with E-state index in [0.717, 1.165) is 18.7 Å². The standard InChI is InChI=1S/C12H19NO/c1-4-5-6-12-10(2)13(3)9-11(12)7-8-14/h4-6,11,14H,2,7-9H2,1,3H3/b5-4-,12-6+. The van der Waals surface area contributed by atoms with Gasteiger partial charge in [-0.15, -0.1) is 0 Å². The number of likely N-dealkylation sites (tertiary alicyclic amines) is 1. The normalized spacial score (nSPS) is 25.6. The van der Waals surface area contributed by atoms with Gasteiger partial charge in [0.2, 0.25) is 0 Å². The molecule has 2 nitrogen and oxygen atoms in total. The van der Waals surface area contributed by atoms with Crippen LogP contribution in [0.25, 0.3) is 0 Å². The van der Waals surface area contributed by atoms with Gasteiger partial charge in [0.1, 0.15) is 0 Å². The highest BCUT2D eigenvalue weighted by Gasteiger charge is 2.26. The Bertz CT molecular complexity index is 265. The molecule has 0 aromatic rings. The summed E-state index contributed by atoms with van der Waals surface area (Å²) in [4.78, 5) is 2.15. The summed E-state index contributed by atoms with van der Waals surface area (Å²) in [5, 5.41) is 8.95. The molecule has 78 valence electrons. The zero-order valence-corrected chi connectivity index (χ0v) is 9.03. The predicted octanol–water partition coefficient (Wildman–Crippen LogP) is 1.95. The van der Waals surface area contributed by atoms with Crippen molar-refractivity contribution in [1.29, 1.82) is 0 Å². The molecule has 1 atom stereocenters. The number of nitrogens with zero attached hydrogens (tertiary/aromatic N) is 1. The number of aliphatic hydroxyl groups excluding tert-OH is 1. The van der Waals surface area contributed by atoms with Crippen LogP contribution in [0.2, 0.25) is 0 Å². The lowest BCUT2D eigenvalue weighted by Gasteiger charge is -2.10. The van der Waals surface area contributed by atoms with Gasteiger partial charge in [0.15, 0.2) is 0 Å². The maximum Gasteiger partial charge on any atom is 0.0437 e. The van der Waals surface area contributed by atoms with Crippen LogP contribution < -0.4 is 0 Å². The summed E-state index contributed by atoms with van der Waals surface area (Å²) in [6.07, 6.45) is 6.97. The maximum absolute atomic E-state index is 8.95. The molecule has 1 saturated heterocycles. The van der Waals surface area contributed by atoms with E-state index in [1.54, 1.807) is 0 Å².